The summed E-state index contributed by atoms with van der Waals surface area (Å²) in [4.78, 5) is 30.6. The Hall–Kier alpha value is -3.49. The highest BCUT2D eigenvalue weighted by molar-refractivity contribution is 5.97. The molecule has 0 radical (unpaired) electrons. The smallest absolute Gasteiger partial charge is 0.268 e. The Balaban J connectivity index is 1.39. The van der Waals surface area contributed by atoms with Gasteiger partial charge in [0.15, 0.2) is 0 Å². The molecular weight excluding hydrogens is 358 g/mol. The van der Waals surface area contributed by atoms with Crippen molar-refractivity contribution >= 4 is 11.6 Å². The zero-order valence-corrected chi connectivity index (χ0v) is 15.5. The van der Waals surface area contributed by atoms with Crippen LogP contribution in [0.1, 0.15) is 16.8 Å². The minimum atomic E-state index is -0.139. The van der Waals surface area contributed by atoms with Crippen LogP contribution in [0.15, 0.2) is 54.0 Å². The molecule has 3 aromatic rings. The van der Waals surface area contributed by atoms with E-state index in [0.717, 1.165) is 25.2 Å². The average Bonchev–Trinajstić information content (AvgIpc) is 3.40. The van der Waals surface area contributed by atoms with Crippen molar-refractivity contribution < 1.29 is 4.79 Å². The van der Waals surface area contributed by atoms with Crippen LogP contribution in [0.5, 0.6) is 0 Å². The molecule has 1 saturated heterocycles. The van der Waals surface area contributed by atoms with Crippen LogP contribution in [0.4, 0.5) is 5.69 Å². The topological polar surface area (TPSA) is 97.9 Å². The van der Waals surface area contributed by atoms with Gasteiger partial charge in [-0.05, 0) is 24.5 Å². The molecule has 0 saturated carbocycles. The van der Waals surface area contributed by atoms with Crippen LogP contribution in [-0.2, 0) is 7.05 Å². The largest absolute Gasteiger partial charge is 0.370 e. The fraction of sp³-hybridized carbons (Fsp3) is 0.316. The van der Waals surface area contributed by atoms with Gasteiger partial charge < -0.3 is 10.2 Å². The maximum Gasteiger partial charge on any atom is 0.268 e. The molecule has 28 heavy (non-hydrogen) atoms. The van der Waals surface area contributed by atoms with E-state index in [-0.39, 0.29) is 11.5 Å². The van der Waals surface area contributed by atoms with E-state index in [1.165, 1.54) is 11.0 Å². The molecule has 144 valence electrons. The van der Waals surface area contributed by atoms with E-state index in [2.05, 4.69) is 25.4 Å². The fourth-order valence-electron chi connectivity index (χ4n) is 3.40. The Morgan fingerprint density at radius 1 is 1.29 bits per heavy atom. The van der Waals surface area contributed by atoms with Gasteiger partial charge >= 0.3 is 0 Å². The Morgan fingerprint density at radius 3 is 2.93 bits per heavy atom. The predicted molar refractivity (Wildman–Crippen MR) is 103 cm³/mol. The van der Waals surface area contributed by atoms with Gasteiger partial charge in [0.1, 0.15) is 12.7 Å². The summed E-state index contributed by atoms with van der Waals surface area (Å²) >= 11 is 0. The maximum atomic E-state index is 12.7. The molecule has 1 amide bonds. The summed E-state index contributed by atoms with van der Waals surface area (Å²) in [5.74, 6) is 0.173. The lowest BCUT2D eigenvalue weighted by Crippen LogP contribution is -2.32. The first kappa shape index (κ1) is 17.9. The van der Waals surface area contributed by atoms with Crippen LogP contribution >= 0.6 is 0 Å². The highest BCUT2D eigenvalue weighted by atomic mass is 16.1. The molecule has 1 aromatic carbocycles. The number of nitrogens with one attached hydrogen (secondary N) is 1. The van der Waals surface area contributed by atoms with Gasteiger partial charge in [0, 0.05) is 32.7 Å². The van der Waals surface area contributed by atoms with Gasteiger partial charge in [-0.25, -0.2) is 14.3 Å². The Kier molecular flexibility index (Phi) is 4.88. The molecule has 0 aliphatic carbocycles. The lowest BCUT2D eigenvalue weighted by atomic mass is 10.1. The highest BCUT2D eigenvalue weighted by Gasteiger charge is 2.24. The Morgan fingerprint density at radius 2 is 2.14 bits per heavy atom. The van der Waals surface area contributed by atoms with Crippen LogP contribution in [0, 0.1) is 5.92 Å². The van der Waals surface area contributed by atoms with E-state index < -0.39 is 0 Å². The predicted octanol–water partition coefficient (Wildman–Crippen LogP) is 0.617. The van der Waals surface area contributed by atoms with E-state index >= 15 is 0 Å². The van der Waals surface area contributed by atoms with Gasteiger partial charge in [-0.3, -0.25) is 9.59 Å². The van der Waals surface area contributed by atoms with E-state index in [4.69, 9.17) is 0 Å². The lowest BCUT2D eigenvalue weighted by Gasteiger charge is -2.18. The van der Waals surface area contributed by atoms with Crippen LogP contribution < -0.4 is 15.8 Å². The van der Waals surface area contributed by atoms with Crippen molar-refractivity contribution in [3.05, 3.63) is 65.1 Å². The first-order chi connectivity index (χ1) is 13.6. The third-order valence-electron chi connectivity index (χ3n) is 4.97. The Labute approximate surface area is 161 Å². The standard InChI is InChI=1S/C19H21N7O2/c1-24-18(27)8-15(10-22-24)25-7-6-14(11-25)9-21-19(28)16-4-2-3-5-17(16)26-13-20-12-23-26/h2-5,8,10,12-14H,6-7,9,11H2,1H3,(H,21,28)/t14-/m1/s1. The summed E-state index contributed by atoms with van der Waals surface area (Å²) in [7, 11) is 1.63. The number of rotatable bonds is 5. The van der Waals surface area contributed by atoms with Crippen LogP contribution in [0.3, 0.4) is 0 Å². The molecule has 4 rings (SSSR count). The number of para-hydroxylation sites is 1. The first-order valence-corrected chi connectivity index (χ1v) is 9.12. The van der Waals surface area contributed by atoms with Crippen LogP contribution in [-0.4, -0.2) is 50.1 Å². The van der Waals surface area contributed by atoms with E-state index in [0.29, 0.717) is 23.7 Å². The molecule has 1 aliphatic heterocycles. The number of amides is 1. The van der Waals surface area contributed by atoms with Gasteiger partial charge in [0.05, 0.1) is 23.1 Å². The summed E-state index contributed by atoms with van der Waals surface area (Å²) in [6, 6.07) is 8.90. The number of carbonyl (C=O) groups excluding carboxylic acids is 1. The van der Waals surface area contributed by atoms with Crippen molar-refractivity contribution in [3.8, 4) is 5.69 Å². The third kappa shape index (κ3) is 3.64. The minimum absolute atomic E-state index is 0.126. The highest BCUT2D eigenvalue weighted by Crippen LogP contribution is 2.22. The summed E-state index contributed by atoms with van der Waals surface area (Å²) in [6.07, 6.45) is 5.66. The second-order valence-electron chi connectivity index (χ2n) is 6.84. The normalized spacial score (nSPS) is 16.3. The van der Waals surface area contributed by atoms with Crippen molar-refractivity contribution in [3.63, 3.8) is 0 Å². The zero-order valence-electron chi connectivity index (χ0n) is 15.5. The average molecular weight is 379 g/mol. The molecule has 1 N–H and O–H groups in total. The maximum absolute atomic E-state index is 12.7. The number of anilines is 1. The summed E-state index contributed by atoms with van der Waals surface area (Å²) < 4.78 is 2.89. The molecule has 9 heteroatoms. The first-order valence-electron chi connectivity index (χ1n) is 9.12. The van der Waals surface area contributed by atoms with Crippen molar-refractivity contribution in [2.45, 2.75) is 6.42 Å². The number of hydrogen-bond acceptors (Lipinski definition) is 6. The summed E-state index contributed by atoms with van der Waals surface area (Å²) in [5, 5.41) is 11.2. The zero-order chi connectivity index (χ0) is 19.5. The number of nitrogens with zero attached hydrogens (tertiary/aromatic N) is 6. The number of carbonyl (C=O) groups is 1. The summed E-state index contributed by atoms with van der Waals surface area (Å²) in [6.45, 7) is 2.18. The molecule has 9 nitrogen and oxygen atoms in total. The molecule has 3 heterocycles. The van der Waals surface area contributed by atoms with Crippen LogP contribution in [0.25, 0.3) is 5.69 Å². The molecule has 2 aromatic heterocycles. The van der Waals surface area contributed by atoms with Gasteiger partial charge in [-0.1, -0.05) is 12.1 Å². The number of hydrogen-bond donors (Lipinski definition) is 1. The van der Waals surface area contributed by atoms with Crippen molar-refractivity contribution in [1.82, 2.24) is 29.9 Å². The second kappa shape index (κ2) is 7.63. The molecule has 0 bridgehead atoms. The van der Waals surface area contributed by atoms with E-state index in [1.54, 1.807) is 36.4 Å². The molecule has 1 atom stereocenters. The van der Waals surface area contributed by atoms with Crippen molar-refractivity contribution in [2.75, 3.05) is 24.5 Å². The summed E-state index contributed by atoms with van der Waals surface area (Å²) in [5.41, 5.74) is 1.95. The molecule has 1 aliphatic rings. The van der Waals surface area contributed by atoms with Crippen LogP contribution in [0.2, 0.25) is 0 Å². The number of benzene rings is 1. The van der Waals surface area contributed by atoms with Gasteiger partial charge in [-0.2, -0.15) is 10.2 Å². The lowest BCUT2D eigenvalue weighted by molar-refractivity contribution is 0.0948. The molecular formula is C19H21N7O2. The van der Waals surface area contributed by atoms with E-state index in [9.17, 15) is 9.59 Å². The quantitative estimate of drug-likeness (QED) is 0.698. The monoisotopic (exact) mass is 379 g/mol. The SMILES string of the molecule is Cn1ncc(N2CC[C@H](CNC(=O)c3ccccc3-n3cncn3)C2)cc1=O. The molecule has 1 fully saturated rings. The molecule has 0 unspecified atom stereocenters. The third-order valence-corrected chi connectivity index (χ3v) is 4.97. The number of aryl methyl sites for hydroxylation is 1. The molecule has 0 spiro atoms. The Bertz CT molecular complexity index is 1030. The van der Waals surface area contributed by atoms with E-state index in [1.807, 2.05) is 18.2 Å². The fourth-order valence-corrected chi connectivity index (χ4v) is 3.40. The second-order valence-corrected chi connectivity index (χ2v) is 6.84. The van der Waals surface area contributed by atoms with Crippen molar-refractivity contribution in [1.29, 1.82) is 0 Å². The van der Waals surface area contributed by atoms with Gasteiger partial charge in [0.25, 0.3) is 11.5 Å². The minimum Gasteiger partial charge on any atom is -0.370 e. The van der Waals surface area contributed by atoms with Gasteiger partial charge in [0.2, 0.25) is 0 Å². The van der Waals surface area contributed by atoms with Gasteiger partial charge in [-0.15, -0.1) is 0 Å². The van der Waals surface area contributed by atoms with Crippen molar-refractivity contribution in [2.24, 2.45) is 13.0 Å². The number of aromatic nitrogens is 5.